The number of guanidine groups is 1. The van der Waals surface area contributed by atoms with Gasteiger partial charge in [-0.3, -0.25) is 4.99 Å². The van der Waals surface area contributed by atoms with Crippen LogP contribution >= 0.6 is 24.0 Å². The van der Waals surface area contributed by atoms with Crippen LogP contribution in [0.25, 0.3) is 0 Å². The van der Waals surface area contributed by atoms with Gasteiger partial charge in [-0.15, -0.1) is 24.0 Å². The summed E-state index contributed by atoms with van der Waals surface area (Å²) >= 11 is 0. The van der Waals surface area contributed by atoms with Crippen molar-refractivity contribution < 1.29 is 14.3 Å². The molecule has 0 radical (unpaired) electrons. The molecule has 0 aliphatic heterocycles. The summed E-state index contributed by atoms with van der Waals surface area (Å²) in [5.41, 5.74) is -0.465. The normalized spacial score (nSPS) is 11.5. The quantitative estimate of drug-likeness (QED) is 0.203. The number of carbonyl (C=O) groups is 1. The number of halogens is 1. The maximum atomic E-state index is 11.5. The Balaban J connectivity index is 0. The molecule has 24 heavy (non-hydrogen) atoms. The first-order chi connectivity index (χ1) is 10.9. The molecule has 0 saturated carbocycles. The van der Waals surface area contributed by atoms with Crippen LogP contribution in [-0.2, 0) is 9.47 Å². The number of carbonyl (C=O) groups excluding carboxylic acids is 1. The molecule has 8 heteroatoms. The van der Waals surface area contributed by atoms with Crippen LogP contribution < -0.4 is 16.0 Å². The molecule has 0 saturated heterocycles. The van der Waals surface area contributed by atoms with Crippen molar-refractivity contribution >= 4 is 36.0 Å². The van der Waals surface area contributed by atoms with Crippen molar-refractivity contribution in [1.82, 2.24) is 16.0 Å². The summed E-state index contributed by atoms with van der Waals surface area (Å²) < 4.78 is 10.6. The molecule has 0 heterocycles. The Labute approximate surface area is 163 Å². The zero-order valence-electron chi connectivity index (χ0n) is 15.7. The third kappa shape index (κ3) is 17.6. The van der Waals surface area contributed by atoms with Crippen LogP contribution in [0.4, 0.5) is 4.79 Å². The number of ether oxygens (including phenoxy) is 2. The number of rotatable bonds is 10. The van der Waals surface area contributed by atoms with Crippen LogP contribution in [0.2, 0.25) is 0 Å². The second-order valence-electron chi connectivity index (χ2n) is 6.17. The molecule has 0 rings (SSSR count). The Morgan fingerprint density at radius 1 is 1.00 bits per heavy atom. The van der Waals surface area contributed by atoms with Gasteiger partial charge in [0.15, 0.2) is 5.96 Å². The summed E-state index contributed by atoms with van der Waals surface area (Å²) in [6, 6.07) is 0. The lowest BCUT2D eigenvalue weighted by atomic mass is 10.2. The smallest absolute Gasteiger partial charge is 0.407 e. The highest BCUT2D eigenvalue weighted by Crippen LogP contribution is 2.06. The second-order valence-corrected chi connectivity index (χ2v) is 6.17. The van der Waals surface area contributed by atoms with Gasteiger partial charge < -0.3 is 25.4 Å². The van der Waals surface area contributed by atoms with Crippen molar-refractivity contribution in [2.24, 2.45) is 4.99 Å². The third-order valence-electron chi connectivity index (χ3n) is 2.72. The van der Waals surface area contributed by atoms with Gasteiger partial charge in [0, 0.05) is 33.3 Å². The van der Waals surface area contributed by atoms with Gasteiger partial charge in [0.05, 0.1) is 6.61 Å². The number of aliphatic imine (C=N–C) groups is 1. The molecule has 0 unspecified atom stereocenters. The van der Waals surface area contributed by atoms with E-state index >= 15 is 0 Å². The molecule has 1 amide bonds. The fourth-order valence-corrected chi connectivity index (χ4v) is 1.61. The number of unbranched alkanes of at least 4 members (excludes halogenated alkanes) is 1. The number of amides is 1. The van der Waals surface area contributed by atoms with E-state index in [9.17, 15) is 4.79 Å². The van der Waals surface area contributed by atoms with Gasteiger partial charge in [-0.1, -0.05) is 13.3 Å². The van der Waals surface area contributed by atoms with E-state index in [0.29, 0.717) is 19.7 Å². The van der Waals surface area contributed by atoms with Gasteiger partial charge in [0.2, 0.25) is 0 Å². The van der Waals surface area contributed by atoms with E-state index < -0.39 is 5.60 Å². The van der Waals surface area contributed by atoms with E-state index in [1.807, 2.05) is 20.8 Å². The summed E-state index contributed by atoms with van der Waals surface area (Å²) in [4.78, 5) is 15.6. The lowest BCUT2D eigenvalue weighted by Crippen LogP contribution is -2.40. The molecule has 0 aromatic carbocycles. The minimum atomic E-state index is -0.465. The maximum Gasteiger partial charge on any atom is 0.407 e. The Morgan fingerprint density at radius 2 is 1.62 bits per heavy atom. The Bertz CT molecular complexity index is 347. The highest BCUT2D eigenvalue weighted by atomic mass is 127. The molecule has 0 spiro atoms. The van der Waals surface area contributed by atoms with Crippen molar-refractivity contribution in [3.8, 4) is 0 Å². The number of hydrogen-bond donors (Lipinski definition) is 3. The van der Waals surface area contributed by atoms with Gasteiger partial charge in [-0.25, -0.2) is 4.79 Å². The van der Waals surface area contributed by atoms with Gasteiger partial charge >= 0.3 is 6.09 Å². The highest BCUT2D eigenvalue weighted by molar-refractivity contribution is 14.0. The minimum absolute atomic E-state index is 0. The van der Waals surface area contributed by atoms with E-state index in [1.165, 1.54) is 0 Å². The van der Waals surface area contributed by atoms with Gasteiger partial charge in [-0.2, -0.15) is 0 Å². The molecule has 0 atom stereocenters. The van der Waals surface area contributed by atoms with Gasteiger partial charge in [0.25, 0.3) is 0 Å². The molecule has 0 fully saturated rings. The molecule has 7 nitrogen and oxygen atoms in total. The van der Waals surface area contributed by atoms with Crippen LogP contribution in [0.3, 0.4) is 0 Å². The summed E-state index contributed by atoms with van der Waals surface area (Å²) in [6.07, 6.45) is 2.64. The first-order valence-electron chi connectivity index (χ1n) is 8.38. The molecular formula is C16H35IN4O3. The van der Waals surface area contributed by atoms with Gasteiger partial charge in [-0.05, 0) is 33.6 Å². The Kier molecular flexibility index (Phi) is 16.7. The first-order valence-corrected chi connectivity index (χ1v) is 8.38. The number of hydrogen-bond acceptors (Lipinski definition) is 4. The van der Waals surface area contributed by atoms with Crippen molar-refractivity contribution in [2.45, 2.75) is 52.6 Å². The predicted molar refractivity (Wildman–Crippen MR) is 109 cm³/mol. The third-order valence-corrected chi connectivity index (χ3v) is 2.72. The standard InChI is InChI=1S/C16H34N4O3.HI/c1-6-7-12-22-13-11-19-14(17-5)18-9-8-10-20-15(21)23-16(2,3)4;/h6-13H2,1-5H3,(H,20,21)(H2,17,18,19);1H. The lowest BCUT2D eigenvalue weighted by molar-refractivity contribution is 0.0527. The van der Waals surface area contributed by atoms with E-state index in [1.54, 1.807) is 7.05 Å². The predicted octanol–water partition coefficient (Wildman–Crippen LogP) is 2.50. The highest BCUT2D eigenvalue weighted by Gasteiger charge is 2.15. The van der Waals surface area contributed by atoms with Crippen LogP contribution in [-0.4, -0.2) is 57.5 Å². The molecule has 144 valence electrons. The van der Waals surface area contributed by atoms with Gasteiger partial charge in [0.1, 0.15) is 5.60 Å². The molecule has 0 bridgehead atoms. The molecular weight excluding hydrogens is 423 g/mol. The molecule has 0 aromatic rings. The summed E-state index contributed by atoms with van der Waals surface area (Å²) in [7, 11) is 1.73. The molecule has 0 aliphatic carbocycles. The van der Waals surface area contributed by atoms with Crippen molar-refractivity contribution in [2.75, 3.05) is 39.9 Å². The summed E-state index contributed by atoms with van der Waals surface area (Å²) in [5, 5.41) is 9.08. The zero-order chi connectivity index (χ0) is 17.6. The molecule has 0 aliphatic rings. The fraction of sp³-hybridized carbons (Fsp3) is 0.875. The Morgan fingerprint density at radius 3 is 2.21 bits per heavy atom. The van der Waals surface area contributed by atoms with E-state index in [2.05, 4.69) is 27.9 Å². The second kappa shape index (κ2) is 15.7. The summed E-state index contributed by atoms with van der Waals surface area (Å²) in [5.74, 6) is 0.737. The van der Waals surface area contributed by atoms with Crippen molar-refractivity contribution in [1.29, 1.82) is 0 Å². The van der Waals surface area contributed by atoms with Crippen LogP contribution in [0, 0.1) is 0 Å². The Hall–Kier alpha value is -0.770. The van der Waals surface area contributed by atoms with E-state index in [0.717, 1.165) is 38.4 Å². The largest absolute Gasteiger partial charge is 0.444 e. The number of nitrogens with zero attached hydrogens (tertiary/aromatic N) is 1. The number of nitrogens with one attached hydrogen (secondary N) is 3. The SMILES string of the molecule is CCCCOCCNC(=NC)NCCCNC(=O)OC(C)(C)C.I. The van der Waals surface area contributed by atoms with Crippen LogP contribution in [0.5, 0.6) is 0 Å². The topological polar surface area (TPSA) is 84.0 Å². The van der Waals surface area contributed by atoms with Crippen LogP contribution in [0.1, 0.15) is 47.0 Å². The average Bonchev–Trinajstić information content (AvgIpc) is 2.46. The monoisotopic (exact) mass is 458 g/mol. The van der Waals surface area contributed by atoms with Crippen molar-refractivity contribution in [3.63, 3.8) is 0 Å². The van der Waals surface area contributed by atoms with E-state index in [-0.39, 0.29) is 30.1 Å². The summed E-state index contributed by atoms with van der Waals surface area (Å²) in [6.45, 7) is 11.1. The minimum Gasteiger partial charge on any atom is -0.444 e. The first kappa shape index (κ1) is 25.5. The fourth-order valence-electron chi connectivity index (χ4n) is 1.61. The maximum absolute atomic E-state index is 11.5. The average molecular weight is 458 g/mol. The number of alkyl carbamates (subject to hydrolysis) is 1. The van der Waals surface area contributed by atoms with E-state index in [4.69, 9.17) is 9.47 Å². The lowest BCUT2D eigenvalue weighted by Gasteiger charge is -2.19. The zero-order valence-corrected chi connectivity index (χ0v) is 18.1. The van der Waals surface area contributed by atoms with Crippen molar-refractivity contribution in [3.05, 3.63) is 0 Å². The molecule has 0 aromatic heterocycles. The van der Waals surface area contributed by atoms with Crippen LogP contribution in [0.15, 0.2) is 4.99 Å². The molecule has 3 N–H and O–H groups in total.